The largest absolute Gasteiger partial charge is 0.382 e. The fraction of sp³-hybridized carbons (Fsp3) is 0.0625. The Morgan fingerprint density at radius 1 is 0.952 bits per heavy atom. The molecule has 0 saturated heterocycles. The van der Waals surface area contributed by atoms with E-state index in [0.29, 0.717) is 21.3 Å². The van der Waals surface area contributed by atoms with E-state index < -0.39 is 6.10 Å². The van der Waals surface area contributed by atoms with E-state index in [4.69, 9.17) is 23.2 Å². The van der Waals surface area contributed by atoms with Gasteiger partial charge in [-0.15, -0.1) is 0 Å². The number of para-hydroxylation sites is 1. The van der Waals surface area contributed by atoms with Gasteiger partial charge in [-0.05, 0) is 35.9 Å². The van der Waals surface area contributed by atoms with Crippen LogP contribution in [-0.4, -0.2) is 14.9 Å². The summed E-state index contributed by atoms with van der Waals surface area (Å²) in [6.07, 6.45) is 0.968. The van der Waals surface area contributed by atoms with E-state index in [0.717, 1.165) is 5.69 Å². The Hall–Kier alpha value is -1.81. The first-order valence-electron chi connectivity index (χ1n) is 6.39. The smallest absolute Gasteiger partial charge is 0.123 e. The molecule has 0 bridgehead atoms. The lowest BCUT2D eigenvalue weighted by Gasteiger charge is -2.09. The van der Waals surface area contributed by atoms with Crippen LogP contribution in [0.5, 0.6) is 0 Å². The molecule has 2 aromatic carbocycles. The van der Waals surface area contributed by atoms with E-state index in [1.54, 1.807) is 28.9 Å². The van der Waals surface area contributed by atoms with E-state index in [1.165, 1.54) is 0 Å². The first-order chi connectivity index (χ1) is 10.1. The molecule has 0 saturated carbocycles. The molecule has 1 N–H and O–H groups in total. The molecule has 0 fully saturated rings. The number of halogens is 2. The van der Waals surface area contributed by atoms with Crippen molar-refractivity contribution in [2.45, 2.75) is 6.10 Å². The zero-order chi connectivity index (χ0) is 14.8. The lowest BCUT2D eigenvalue weighted by molar-refractivity contribution is 0.214. The Balaban J connectivity index is 1.90. The maximum absolute atomic E-state index is 10.4. The first-order valence-corrected chi connectivity index (χ1v) is 7.15. The number of aromatic nitrogens is 2. The molecule has 1 atom stereocenters. The molecule has 0 aliphatic rings. The topological polar surface area (TPSA) is 38.0 Å². The molecular weight excluding hydrogens is 307 g/mol. The zero-order valence-electron chi connectivity index (χ0n) is 10.9. The minimum atomic E-state index is -0.843. The maximum Gasteiger partial charge on any atom is 0.123 e. The zero-order valence-corrected chi connectivity index (χ0v) is 12.5. The molecule has 1 heterocycles. The summed E-state index contributed by atoms with van der Waals surface area (Å²) in [5.41, 5.74) is 2.14. The van der Waals surface area contributed by atoms with Crippen molar-refractivity contribution < 1.29 is 5.11 Å². The SMILES string of the molecule is OC(c1ccc(Cl)c(Cl)c1)c1ccn(-c2ccccc2)n1. The van der Waals surface area contributed by atoms with Crippen molar-refractivity contribution in [2.24, 2.45) is 0 Å². The van der Waals surface area contributed by atoms with E-state index in [-0.39, 0.29) is 0 Å². The third kappa shape index (κ3) is 2.95. The summed E-state index contributed by atoms with van der Waals surface area (Å²) >= 11 is 11.9. The normalized spacial score (nSPS) is 12.3. The second kappa shape index (κ2) is 5.90. The van der Waals surface area contributed by atoms with E-state index in [9.17, 15) is 5.11 Å². The molecule has 0 spiro atoms. The highest BCUT2D eigenvalue weighted by Crippen LogP contribution is 2.28. The molecule has 5 heteroatoms. The van der Waals surface area contributed by atoms with Crippen LogP contribution in [0.15, 0.2) is 60.8 Å². The van der Waals surface area contributed by atoms with Crippen LogP contribution >= 0.6 is 23.2 Å². The number of nitrogens with zero attached hydrogens (tertiary/aromatic N) is 2. The van der Waals surface area contributed by atoms with Gasteiger partial charge < -0.3 is 5.11 Å². The van der Waals surface area contributed by atoms with Gasteiger partial charge in [0.25, 0.3) is 0 Å². The fourth-order valence-electron chi connectivity index (χ4n) is 2.06. The second-order valence-electron chi connectivity index (χ2n) is 4.60. The van der Waals surface area contributed by atoms with Gasteiger partial charge in [-0.1, -0.05) is 47.5 Å². The van der Waals surface area contributed by atoms with Crippen LogP contribution in [0.2, 0.25) is 10.0 Å². The fourth-order valence-corrected chi connectivity index (χ4v) is 2.37. The molecule has 0 aliphatic heterocycles. The Morgan fingerprint density at radius 2 is 1.71 bits per heavy atom. The standard InChI is InChI=1S/C16H12Cl2N2O/c17-13-7-6-11(10-14(13)18)16(21)15-8-9-20(19-15)12-4-2-1-3-5-12/h1-10,16,21H. The predicted octanol–water partition coefficient (Wildman–Crippen LogP) is 4.26. The van der Waals surface area contributed by atoms with Crippen molar-refractivity contribution in [1.82, 2.24) is 9.78 Å². The van der Waals surface area contributed by atoms with Gasteiger partial charge in [0.05, 0.1) is 21.4 Å². The van der Waals surface area contributed by atoms with Crippen LogP contribution < -0.4 is 0 Å². The molecule has 0 aliphatic carbocycles. The Morgan fingerprint density at radius 3 is 2.43 bits per heavy atom. The van der Waals surface area contributed by atoms with Gasteiger partial charge >= 0.3 is 0 Å². The molecule has 1 unspecified atom stereocenters. The van der Waals surface area contributed by atoms with Gasteiger partial charge in [0, 0.05) is 6.20 Å². The molecule has 3 nitrogen and oxygen atoms in total. The molecule has 3 aromatic rings. The summed E-state index contributed by atoms with van der Waals surface area (Å²) in [5.74, 6) is 0. The molecule has 1 aromatic heterocycles. The van der Waals surface area contributed by atoms with E-state index in [2.05, 4.69) is 5.10 Å². The predicted molar refractivity (Wildman–Crippen MR) is 84.1 cm³/mol. The Kier molecular flexibility index (Phi) is 3.97. The van der Waals surface area contributed by atoms with Crippen LogP contribution in [0, 0.1) is 0 Å². The van der Waals surface area contributed by atoms with E-state index >= 15 is 0 Å². The number of aliphatic hydroxyl groups is 1. The Labute approximate surface area is 132 Å². The van der Waals surface area contributed by atoms with Gasteiger partial charge in [0.2, 0.25) is 0 Å². The maximum atomic E-state index is 10.4. The third-order valence-electron chi connectivity index (χ3n) is 3.17. The van der Waals surface area contributed by atoms with Gasteiger partial charge in [0.1, 0.15) is 6.10 Å². The van der Waals surface area contributed by atoms with Gasteiger partial charge in [0.15, 0.2) is 0 Å². The third-order valence-corrected chi connectivity index (χ3v) is 3.91. The van der Waals surface area contributed by atoms with Crippen LogP contribution in [-0.2, 0) is 0 Å². The van der Waals surface area contributed by atoms with Gasteiger partial charge in [-0.3, -0.25) is 0 Å². The van der Waals surface area contributed by atoms with Crippen LogP contribution in [0.3, 0.4) is 0 Å². The lowest BCUT2D eigenvalue weighted by atomic mass is 10.1. The average molecular weight is 319 g/mol. The number of benzene rings is 2. The lowest BCUT2D eigenvalue weighted by Crippen LogP contribution is -2.02. The van der Waals surface area contributed by atoms with Crippen molar-refractivity contribution >= 4 is 23.2 Å². The number of hydrogen-bond donors (Lipinski definition) is 1. The van der Waals surface area contributed by atoms with Crippen molar-refractivity contribution in [1.29, 1.82) is 0 Å². The Bertz CT molecular complexity index is 756. The van der Waals surface area contributed by atoms with Crippen LogP contribution in [0.25, 0.3) is 5.69 Å². The van der Waals surface area contributed by atoms with Gasteiger partial charge in [-0.2, -0.15) is 5.10 Å². The summed E-state index contributed by atoms with van der Waals surface area (Å²) < 4.78 is 1.72. The highest BCUT2D eigenvalue weighted by molar-refractivity contribution is 6.42. The number of rotatable bonds is 3. The highest BCUT2D eigenvalue weighted by Gasteiger charge is 2.15. The minimum absolute atomic E-state index is 0.413. The quantitative estimate of drug-likeness (QED) is 0.783. The summed E-state index contributed by atoms with van der Waals surface area (Å²) in [5, 5.41) is 15.7. The molecule has 3 rings (SSSR count). The molecule has 0 radical (unpaired) electrons. The molecule has 106 valence electrons. The van der Waals surface area contributed by atoms with Crippen LogP contribution in [0.1, 0.15) is 17.4 Å². The molecule has 0 amide bonds. The number of aliphatic hydroxyl groups excluding tert-OH is 1. The first kappa shape index (κ1) is 14.1. The van der Waals surface area contributed by atoms with Crippen molar-refractivity contribution in [3.05, 3.63) is 82.1 Å². The summed E-state index contributed by atoms with van der Waals surface area (Å²) in [6, 6.07) is 16.5. The summed E-state index contributed by atoms with van der Waals surface area (Å²) in [4.78, 5) is 0. The highest BCUT2D eigenvalue weighted by atomic mass is 35.5. The summed E-state index contributed by atoms with van der Waals surface area (Å²) in [7, 11) is 0. The number of hydrogen-bond acceptors (Lipinski definition) is 2. The second-order valence-corrected chi connectivity index (χ2v) is 5.41. The monoisotopic (exact) mass is 318 g/mol. The minimum Gasteiger partial charge on any atom is -0.382 e. The van der Waals surface area contributed by atoms with Crippen molar-refractivity contribution in [2.75, 3.05) is 0 Å². The average Bonchev–Trinajstić information content (AvgIpc) is 3.00. The van der Waals surface area contributed by atoms with Crippen molar-refractivity contribution in [3.8, 4) is 5.69 Å². The van der Waals surface area contributed by atoms with E-state index in [1.807, 2.05) is 36.5 Å². The summed E-state index contributed by atoms with van der Waals surface area (Å²) in [6.45, 7) is 0. The molecular formula is C16H12Cl2N2O. The van der Waals surface area contributed by atoms with Crippen LogP contribution in [0.4, 0.5) is 0 Å². The van der Waals surface area contributed by atoms with Crippen molar-refractivity contribution in [3.63, 3.8) is 0 Å². The molecule has 21 heavy (non-hydrogen) atoms. The van der Waals surface area contributed by atoms with Gasteiger partial charge in [-0.25, -0.2) is 4.68 Å².